The van der Waals surface area contributed by atoms with Crippen LogP contribution in [0.15, 0.2) is 24.3 Å². The number of halogens is 3. The van der Waals surface area contributed by atoms with Crippen molar-refractivity contribution in [3.05, 3.63) is 29.8 Å². The Hall–Kier alpha value is -2.25. The summed E-state index contributed by atoms with van der Waals surface area (Å²) in [5.74, 6) is -0.571. The largest absolute Gasteiger partial charge is 0.453 e. The molecule has 0 radical (unpaired) electrons. The molecular weight excluding hydrogens is 301 g/mol. The number of rotatable bonds is 5. The van der Waals surface area contributed by atoms with Gasteiger partial charge in [0.1, 0.15) is 0 Å². The minimum Gasteiger partial charge on any atom is -0.453 e. The van der Waals surface area contributed by atoms with Crippen LogP contribution in [0.5, 0.6) is 0 Å². The zero-order valence-electron chi connectivity index (χ0n) is 12.2. The van der Waals surface area contributed by atoms with Gasteiger partial charge >= 0.3 is 12.3 Å². The number of carbonyl (C=O) groups excluding carboxylic acids is 2. The summed E-state index contributed by atoms with van der Waals surface area (Å²) in [4.78, 5) is 22.5. The summed E-state index contributed by atoms with van der Waals surface area (Å²) in [6.07, 6.45) is -4.88. The van der Waals surface area contributed by atoms with E-state index in [2.05, 4.69) is 10.1 Å². The van der Waals surface area contributed by atoms with Crippen LogP contribution in [0, 0.1) is 0 Å². The number of methoxy groups -OCH3 is 1. The highest BCUT2D eigenvalue weighted by molar-refractivity contribution is 5.92. The Kier molecular flexibility index (Phi) is 6.21. The molecule has 0 fully saturated rings. The summed E-state index contributed by atoms with van der Waals surface area (Å²) in [5, 5.41) is 4.85. The van der Waals surface area contributed by atoms with Gasteiger partial charge < -0.3 is 10.1 Å². The second kappa shape index (κ2) is 7.67. The fraction of sp³-hybridized carbons (Fsp3) is 0.429. The first-order chi connectivity index (χ1) is 10.3. The minimum atomic E-state index is -4.43. The van der Waals surface area contributed by atoms with E-state index in [-0.39, 0.29) is 12.1 Å². The molecule has 0 aliphatic carbocycles. The standard InChI is InChI=1S/C14H17F3N2O3/c1-3-10(8-12(20)19-13(21)22-2)18-11-6-4-5-9(7-11)14(15,16)17/h4-7,10,18H,3,8H2,1-2H3,(H,19,20,21)/t10-/m1/s1. The molecule has 122 valence electrons. The first kappa shape index (κ1) is 17.8. The molecule has 0 aliphatic heterocycles. The average molecular weight is 318 g/mol. The molecule has 0 bridgehead atoms. The number of imide groups is 1. The monoisotopic (exact) mass is 318 g/mol. The molecule has 5 nitrogen and oxygen atoms in total. The van der Waals surface area contributed by atoms with E-state index in [1.54, 1.807) is 6.92 Å². The minimum absolute atomic E-state index is 0.0676. The third-order valence-electron chi connectivity index (χ3n) is 2.91. The van der Waals surface area contributed by atoms with E-state index in [9.17, 15) is 22.8 Å². The van der Waals surface area contributed by atoms with Gasteiger partial charge in [-0.15, -0.1) is 0 Å². The quantitative estimate of drug-likeness (QED) is 0.875. The molecule has 1 atom stereocenters. The summed E-state index contributed by atoms with van der Waals surface area (Å²) in [5.41, 5.74) is -0.515. The second-order valence-electron chi connectivity index (χ2n) is 4.57. The molecule has 1 aromatic rings. The lowest BCUT2D eigenvalue weighted by molar-refractivity contribution is -0.137. The van der Waals surface area contributed by atoms with Crippen LogP contribution < -0.4 is 10.6 Å². The van der Waals surface area contributed by atoms with Gasteiger partial charge in [0.05, 0.1) is 12.7 Å². The van der Waals surface area contributed by atoms with Crippen LogP contribution in [0.2, 0.25) is 0 Å². The number of alkyl carbamates (subject to hydrolysis) is 1. The van der Waals surface area contributed by atoms with E-state index in [0.29, 0.717) is 6.42 Å². The zero-order valence-corrected chi connectivity index (χ0v) is 12.2. The Balaban J connectivity index is 2.70. The number of amides is 2. The third-order valence-corrected chi connectivity index (χ3v) is 2.91. The predicted molar refractivity (Wildman–Crippen MR) is 74.3 cm³/mol. The van der Waals surface area contributed by atoms with Crippen molar-refractivity contribution in [2.45, 2.75) is 32.0 Å². The number of anilines is 1. The SMILES string of the molecule is CC[C@H](CC(=O)NC(=O)OC)Nc1cccc(C(F)(F)F)c1. The van der Waals surface area contributed by atoms with Crippen LogP contribution in [0.4, 0.5) is 23.7 Å². The summed E-state index contributed by atoms with van der Waals surface area (Å²) in [6.45, 7) is 1.77. The third kappa shape index (κ3) is 5.63. The van der Waals surface area contributed by atoms with Crippen molar-refractivity contribution < 1.29 is 27.5 Å². The molecular formula is C14H17F3N2O3. The van der Waals surface area contributed by atoms with Crippen molar-refractivity contribution in [2.75, 3.05) is 12.4 Å². The van der Waals surface area contributed by atoms with Gasteiger partial charge in [-0.1, -0.05) is 13.0 Å². The first-order valence-electron chi connectivity index (χ1n) is 6.57. The number of benzene rings is 1. The van der Waals surface area contributed by atoms with Crippen molar-refractivity contribution >= 4 is 17.7 Å². The smallest absolute Gasteiger partial charge is 0.416 e. The van der Waals surface area contributed by atoms with Crippen LogP contribution >= 0.6 is 0 Å². The lowest BCUT2D eigenvalue weighted by atomic mass is 10.1. The van der Waals surface area contributed by atoms with Crippen molar-refractivity contribution in [1.82, 2.24) is 5.32 Å². The van der Waals surface area contributed by atoms with Crippen LogP contribution in [0.1, 0.15) is 25.3 Å². The number of alkyl halides is 3. The predicted octanol–water partition coefficient (Wildman–Crippen LogP) is 3.17. The lowest BCUT2D eigenvalue weighted by Gasteiger charge is -2.18. The van der Waals surface area contributed by atoms with Gasteiger partial charge in [-0.25, -0.2) is 4.79 Å². The van der Waals surface area contributed by atoms with Crippen molar-refractivity contribution in [2.24, 2.45) is 0 Å². The van der Waals surface area contributed by atoms with Crippen molar-refractivity contribution in [1.29, 1.82) is 0 Å². The molecule has 8 heteroatoms. The maximum atomic E-state index is 12.6. The Morgan fingerprint density at radius 2 is 2.00 bits per heavy atom. The van der Waals surface area contributed by atoms with E-state index < -0.39 is 29.8 Å². The number of ether oxygens (including phenoxy) is 1. The molecule has 0 aliphatic rings. The fourth-order valence-electron chi connectivity index (χ4n) is 1.76. The van der Waals surface area contributed by atoms with Crippen LogP contribution in [0.3, 0.4) is 0 Å². The molecule has 2 amide bonds. The average Bonchev–Trinajstić information content (AvgIpc) is 2.45. The maximum Gasteiger partial charge on any atom is 0.416 e. The van der Waals surface area contributed by atoms with Gasteiger partial charge in [0.25, 0.3) is 0 Å². The Bertz CT molecular complexity index is 532. The number of nitrogens with one attached hydrogen (secondary N) is 2. The zero-order chi connectivity index (χ0) is 16.8. The summed E-state index contributed by atoms with van der Waals surface area (Å²) in [6, 6.07) is 4.30. The lowest BCUT2D eigenvalue weighted by Crippen LogP contribution is -2.34. The first-order valence-corrected chi connectivity index (χ1v) is 6.57. The number of hydrogen-bond acceptors (Lipinski definition) is 4. The van der Waals surface area contributed by atoms with E-state index in [4.69, 9.17) is 0 Å². The molecule has 1 aromatic carbocycles. The Morgan fingerprint density at radius 1 is 1.32 bits per heavy atom. The molecule has 22 heavy (non-hydrogen) atoms. The Morgan fingerprint density at radius 3 is 2.55 bits per heavy atom. The Labute approximate surface area is 125 Å². The van der Waals surface area contributed by atoms with Gasteiger partial charge in [0.2, 0.25) is 5.91 Å². The van der Waals surface area contributed by atoms with E-state index in [0.717, 1.165) is 19.2 Å². The van der Waals surface area contributed by atoms with E-state index in [1.807, 2.05) is 5.32 Å². The molecule has 0 aromatic heterocycles. The highest BCUT2D eigenvalue weighted by Gasteiger charge is 2.30. The number of carbonyl (C=O) groups is 2. The normalized spacial score (nSPS) is 12.4. The topological polar surface area (TPSA) is 67.4 Å². The molecule has 0 heterocycles. The molecule has 0 saturated carbocycles. The van der Waals surface area contributed by atoms with Crippen molar-refractivity contribution in [3.8, 4) is 0 Å². The van der Waals surface area contributed by atoms with Gasteiger partial charge in [-0.3, -0.25) is 10.1 Å². The summed E-state index contributed by atoms with van der Waals surface area (Å²) < 4.78 is 42.2. The van der Waals surface area contributed by atoms with Crippen molar-refractivity contribution in [3.63, 3.8) is 0 Å². The second-order valence-corrected chi connectivity index (χ2v) is 4.57. The number of hydrogen-bond donors (Lipinski definition) is 2. The maximum absolute atomic E-state index is 12.6. The van der Waals surface area contributed by atoms with Gasteiger partial charge in [0.15, 0.2) is 0 Å². The van der Waals surface area contributed by atoms with Crippen LogP contribution in [-0.2, 0) is 15.7 Å². The highest BCUT2D eigenvalue weighted by atomic mass is 19.4. The van der Waals surface area contributed by atoms with Gasteiger partial charge in [-0.2, -0.15) is 13.2 Å². The molecule has 0 spiro atoms. The van der Waals surface area contributed by atoms with E-state index in [1.165, 1.54) is 12.1 Å². The molecule has 2 N–H and O–H groups in total. The van der Waals surface area contributed by atoms with Gasteiger partial charge in [0, 0.05) is 18.2 Å². The summed E-state index contributed by atoms with van der Waals surface area (Å²) >= 11 is 0. The van der Waals surface area contributed by atoms with Crippen LogP contribution in [0.25, 0.3) is 0 Å². The molecule has 0 saturated heterocycles. The van der Waals surface area contributed by atoms with Gasteiger partial charge in [-0.05, 0) is 24.6 Å². The molecule has 1 rings (SSSR count). The fourth-order valence-corrected chi connectivity index (χ4v) is 1.76. The summed E-state index contributed by atoms with van der Waals surface area (Å²) in [7, 11) is 1.13. The van der Waals surface area contributed by atoms with E-state index >= 15 is 0 Å². The molecule has 0 unspecified atom stereocenters. The highest BCUT2D eigenvalue weighted by Crippen LogP contribution is 2.30. The van der Waals surface area contributed by atoms with Crippen LogP contribution in [-0.4, -0.2) is 25.2 Å².